The first-order valence-corrected chi connectivity index (χ1v) is 7.50. The number of amides is 3. The van der Waals surface area contributed by atoms with Crippen LogP contribution in [-0.2, 0) is 0 Å². The Balaban J connectivity index is 1.76. The Hall–Kier alpha value is -1.98. The van der Waals surface area contributed by atoms with Gasteiger partial charge >= 0.3 is 6.03 Å². The summed E-state index contributed by atoms with van der Waals surface area (Å²) in [5, 5.41) is 5.85. The van der Waals surface area contributed by atoms with Crippen molar-refractivity contribution in [3.8, 4) is 0 Å². The maximum Gasteiger partial charge on any atom is 0.315 e. The van der Waals surface area contributed by atoms with Crippen LogP contribution in [0, 0.1) is 0 Å². The minimum Gasteiger partial charge on any atom is -0.459 e. The highest BCUT2D eigenvalue weighted by molar-refractivity contribution is 5.91. The van der Waals surface area contributed by atoms with E-state index in [4.69, 9.17) is 4.42 Å². The molecule has 116 valence electrons. The summed E-state index contributed by atoms with van der Waals surface area (Å²) >= 11 is 0. The number of hydrogen-bond acceptors (Lipinski definition) is 3. The molecule has 1 aliphatic rings. The number of furan rings is 1. The van der Waals surface area contributed by atoms with Gasteiger partial charge in [-0.2, -0.15) is 0 Å². The molecular formula is C15H23N3O3. The number of carbonyl (C=O) groups is 2. The SMILES string of the molecule is CCC(C)NC(=O)NC1CCN(C(=O)c2ccco2)CC1. The van der Waals surface area contributed by atoms with Crippen LogP contribution in [-0.4, -0.2) is 42.0 Å². The second-order valence-corrected chi connectivity index (χ2v) is 5.47. The third kappa shape index (κ3) is 4.24. The van der Waals surface area contributed by atoms with Gasteiger partial charge < -0.3 is 20.0 Å². The van der Waals surface area contributed by atoms with E-state index >= 15 is 0 Å². The third-order valence-electron chi connectivity index (χ3n) is 3.84. The van der Waals surface area contributed by atoms with E-state index in [9.17, 15) is 9.59 Å². The van der Waals surface area contributed by atoms with Gasteiger partial charge in [-0.1, -0.05) is 6.92 Å². The maximum atomic E-state index is 12.1. The first-order chi connectivity index (χ1) is 10.1. The fraction of sp³-hybridized carbons (Fsp3) is 0.600. The van der Waals surface area contributed by atoms with Crippen molar-refractivity contribution in [2.24, 2.45) is 0 Å². The highest BCUT2D eigenvalue weighted by Gasteiger charge is 2.25. The third-order valence-corrected chi connectivity index (χ3v) is 3.84. The topological polar surface area (TPSA) is 74.6 Å². The molecule has 2 rings (SSSR count). The van der Waals surface area contributed by atoms with Gasteiger partial charge in [0.2, 0.25) is 0 Å². The smallest absolute Gasteiger partial charge is 0.315 e. The molecule has 1 atom stereocenters. The van der Waals surface area contributed by atoms with E-state index in [0.29, 0.717) is 18.8 Å². The number of carbonyl (C=O) groups excluding carboxylic acids is 2. The van der Waals surface area contributed by atoms with Crippen molar-refractivity contribution in [3.63, 3.8) is 0 Å². The lowest BCUT2D eigenvalue weighted by atomic mass is 10.0. The minimum absolute atomic E-state index is 0.0810. The maximum absolute atomic E-state index is 12.1. The standard InChI is InChI=1S/C15H23N3O3/c1-3-11(2)16-15(20)17-12-6-8-18(9-7-12)14(19)13-5-4-10-21-13/h4-5,10-12H,3,6-9H2,1-2H3,(H2,16,17,20). The van der Waals surface area contributed by atoms with Gasteiger partial charge in [0.15, 0.2) is 5.76 Å². The van der Waals surface area contributed by atoms with Crippen LogP contribution in [0.3, 0.4) is 0 Å². The van der Waals surface area contributed by atoms with Crippen LogP contribution in [0.25, 0.3) is 0 Å². The summed E-state index contributed by atoms with van der Waals surface area (Å²) in [6.45, 7) is 5.27. The van der Waals surface area contributed by atoms with Crippen molar-refractivity contribution in [2.45, 2.75) is 45.2 Å². The minimum atomic E-state index is -0.125. The van der Waals surface area contributed by atoms with E-state index in [1.54, 1.807) is 17.0 Å². The van der Waals surface area contributed by atoms with Crippen LogP contribution in [0.4, 0.5) is 4.79 Å². The molecule has 0 saturated carbocycles. The first-order valence-electron chi connectivity index (χ1n) is 7.50. The Morgan fingerprint density at radius 2 is 2.14 bits per heavy atom. The lowest BCUT2D eigenvalue weighted by Gasteiger charge is -2.32. The van der Waals surface area contributed by atoms with Crippen LogP contribution in [0.5, 0.6) is 0 Å². The summed E-state index contributed by atoms with van der Waals surface area (Å²) in [5.41, 5.74) is 0. The highest BCUT2D eigenvalue weighted by Crippen LogP contribution is 2.14. The molecule has 6 heteroatoms. The number of piperidine rings is 1. The normalized spacial score (nSPS) is 17.3. The fourth-order valence-corrected chi connectivity index (χ4v) is 2.34. The van der Waals surface area contributed by atoms with Crippen LogP contribution in [0.1, 0.15) is 43.7 Å². The van der Waals surface area contributed by atoms with Crippen molar-refractivity contribution >= 4 is 11.9 Å². The molecule has 1 aromatic rings. The lowest BCUT2D eigenvalue weighted by molar-refractivity contribution is 0.0676. The summed E-state index contributed by atoms with van der Waals surface area (Å²) in [6.07, 6.45) is 3.94. The molecular weight excluding hydrogens is 270 g/mol. The quantitative estimate of drug-likeness (QED) is 0.891. The first kappa shape index (κ1) is 15.4. The van der Waals surface area contributed by atoms with Gasteiger partial charge in [0, 0.05) is 25.2 Å². The summed E-state index contributed by atoms with van der Waals surface area (Å²) in [7, 11) is 0. The zero-order valence-electron chi connectivity index (χ0n) is 12.6. The van der Waals surface area contributed by atoms with Crippen LogP contribution < -0.4 is 10.6 Å². The monoisotopic (exact) mass is 293 g/mol. The van der Waals surface area contributed by atoms with Crippen molar-refractivity contribution in [1.29, 1.82) is 0 Å². The Morgan fingerprint density at radius 3 is 2.71 bits per heavy atom. The molecule has 21 heavy (non-hydrogen) atoms. The van der Waals surface area contributed by atoms with Crippen LogP contribution in [0.2, 0.25) is 0 Å². The summed E-state index contributed by atoms with van der Waals surface area (Å²) in [6, 6.07) is 3.55. The van der Waals surface area contributed by atoms with E-state index in [1.807, 2.05) is 13.8 Å². The highest BCUT2D eigenvalue weighted by atomic mass is 16.3. The number of nitrogens with zero attached hydrogens (tertiary/aromatic N) is 1. The van der Waals surface area contributed by atoms with Crippen LogP contribution in [0.15, 0.2) is 22.8 Å². The molecule has 1 fully saturated rings. The average Bonchev–Trinajstić information content (AvgIpc) is 3.01. The largest absolute Gasteiger partial charge is 0.459 e. The molecule has 1 saturated heterocycles. The van der Waals surface area contributed by atoms with Gasteiger partial charge in [-0.15, -0.1) is 0 Å². The fourth-order valence-electron chi connectivity index (χ4n) is 2.34. The molecule has 1 unspecified atom stereocenters. The second-order valence-electron chi connectivity index (χ2n) is 5.47. The summed E-state index contributed by atoms with van der Waals surface area (Å²) < 4.78 is 5.13. The van der Waals surface area contributed by atoms with Gasteiger partial charge in [-0.25, -0.2) is 4.79 Å². The Morgan fingerprint density at radius 1 is 1.43 bits per heavy atom. The van der Waals surface area contributed by atoms with Crippen LogP contribution >= 0.6 is 0 Å². The van der Waals surface area contributed by atoms with E-state index < -0.39 is 0 Å². The van der Waals surface area contributed by atoms with E-state index in [1.165, 1.54) is 6.26 Å². The zero-order valence-corrected chi connectivity index (χ0v) is 12.6. The molecule has 0 radical (unpaired) electrons. The van der Waals surface area contributed by atoms with Gasteiger partial charge in [0.1, 0.15) is 0 Å². The number of likely N-dealkylation sites (tertiary alicyclic amines) is 1. The molecule has 0 aliphatic carbocycles. The van der Waals surface area contributed by atoms with E-state index in [2.05, 4.69) is 10.6 Å². The molecule has 1 aromatic heterocycles. The van der Waals surface area contributed by atoms with Crippen molar-refractivity contribution in [2.75, 3.05) is 13.1 Å². The Labute approximate surface area is 124 Å². The van der Waals surface area contributed by atoms with Gasteiger partial charge in [-0.05, 0) is 38.3 Å². The Bertz CT molecular complexity index is 465. The summed E-state index contributed by atoms with van der Waals surface area (Å²) in [4.78, 5) is 25.6. The average molecular weight is 293 g/mol. The van der Waals surface area contributed by atoms with Crippen molar-refractivity contribution < 1.29 is 14.0 Å². The lowest BCUT2D eigenvalue weighted by Crippen LogP contribution is -2.50. The van der Waals surface area contributed by atoms with Gasteiger partial charge in [0.25, 0.3) is 5.91 Å². The molecule has 0 spiro atoms. The number of urea groups is 1. The molecule has 2 heterocycles. The van der Waals surface area contributed by atoms with Gasteiger partial charge in [0.05, 0.1) is 6.26 Å². The molecule has 0 bridgehead atoms. The number of nitrogens with one attached hydrogen (secondary N) is 2. The molecule has 1 aliphatic heterocycles. The van der Waals surface area contributed by atoms with E-state index in [0.717, 1.165) is 19.3 Å². The van der Waals surface area contributed by atoms with Crippen molar-refractivity contribution in [1.82, 2.24) is 15.5 Å². The van der Waals surface area contributed by atoms with Crippen molar-refractivity contribution in [3.05, 3.63) is 24.2 Å². The molecule has 3 amide bonds. The van der Waals surface area contributed by atoms with Gasteiger partial charge in [-0.3, -0.25) is 4.79 Å². The predicted octanol–water partition coefficient (Wildman–Crippen LogP) is 1.98. The molecule has 2 N–H and O–H groups in total. The summed E-state index contributed by atoms with van der Waals surface area (Å²) in [5.74, 6) is 0.290. The van der Waals surface area contributed by atoms with E-state index in [-0.39, 0.29) is 24.0 Å². The molecule has 0 aromatic carbocycles. The predicted molar refractivity (Wildman–Crippen MR) is 79.1 cm³/mol. The number of rotatable bonds is 4. The number of hydrogen-bond donors (Lipinski definition) is 2. The molecule has 6 nitrogen and oxygen atoms in total. The zero-order chi connectivity index (χ0) is 15.2. The Kier molecular flexibility index (Phi) is 5.25. The second kappa shape index (κ2) is 7.15.